The highest BCUT2D eigenvalue weighted by atomic mass is 16.6. The van der Waals surface area contributed by atoms with Crippen LogP contribution in [0.3, 0.4) is 0 Å². The van der Waals surface area contributed by atoms with E-state index in [0.717, 1.165) is 25.3 Å². The lowest BCUT2D eigenvalue weighted by Crippen LogP contribution is -2.54. The molecule has 13 nitrogen and oxygen atoms in total. The molecule has 1 atom stereocenters. The van der Waals surface area contributed by atoms with E-state index in [2.05, 4.69) is 12.3 Å². The largest absolute Gasteiger partial charge is 0.459 e. The summed E-state index contributed by atoms with van der Waals surface area (Å²) >= 11 is 0. The molecule has 48 heavy (non-hydrogen) atoms. The molecule has 0 aromatic heterocycles. The third-order valence-electron chi connectivity index (χ3n) is 6.01. The van der Waals surface area contributed by atoms with Crippen molar-refractivity contribution in [2.75, 3.05) is 52.4 Å². The third kappa shape index (κ3) is 24.3. The summed E-state index contributed by atoms with van der Waals surface area (Å²) in [5.41, 5.74) is 0.327. The van der Waals surface area contributed by atoms with Crippen LogP contribution in [-0.2, 0) is 42.9 Å². The van der Waals surface area contributed by atoms with Crippen LogP contribution in [-0.4, -0.2) is 125 Å². The van der Waals surface area contributed by atoms with Crippen LogP contribution in [0.5, 0.6) is 0 Å². The quantitative estimate of drug-likeness (QED) is 0.0655. The Morgan fingerprint density at radius 3 is 1.42 bits per heavy atom. The van der Waals surface area contributed by atoms with Gasteiger partial charge in [-0.1, -0.05) is 19.8 Å². The Kier molecular flexibility index (Phi) is 19.4. The number of nitrogens with zero attached hydrogens (tertiary/aromatic N) is 3. The zero-order valence-corrected chi connectivity index (χ0v) is 31.9. The second-order valence-corrected chi connectivity index (χ2v) is 15.8. The molecular weight excluding hydrogens is 620 g/mol. The van der Waals surface area contributed by atoms with E-state index in [1.165, 1.54) is 0 Å². The molecule has 0 rings (SSSR count). The second-order valence-electron chi connectivity index (χ2n) is 15.8. The summed E-state index contributed by atoms with van der Waals surface area (Å²) in [6.07, 6.45) is 3.92. The highest BCUT2D eigenvalue weighted by Gasteiger charge is 2.30. The van der Waals surface area contributed by atoms with Crippen LogP contribution in [0.25, 0.3) is 0 Å². The number of nitrogens with one attached hydrogen (secondary N) is 1. The van der Waals surface area contributed by atoms with Crippen LogP contribution < -0.4 is 5.43 Å². The lowest BCUT2D eigenvalue weighted by Gasteiger charge is -2.33. The Morgan fingerprint density at radius 2 is 1.02 bits per heavy atom. The van der Waals surface area contributed by atoms with Gasteiger partial charge in [0.25, 0.3) is 0 Å². The van der Waals surface area contributed by atoms with Crippen molar-refractivity contribution in [3.63, 3.8) is 0 Å². The van der Waals surface area contributed by atoms with Gasteiger partial charge in [0, 0.05) is 38.8 Å². The smallest absolute Gasteiger partial charge is 0.330 e. The number of esters is 4. The van der Waals surface area contributed by atoms with E-state index >= 15 is 0 Å². The van der Waals surface area contributed by atoms with Gasteiger partial charge in [-0.3, -0.25) is 29.6 Å². The van der Waals surface area contributed by atoms with E-state index in [9.17, 15) is 24.0 Å². The fraction of sp³-hybridized carbons (Fsp3) is 0.829. The molecule has 0 amide bonds. The van der Waals surface area contributed by atoms with Crippen molar-refractivity contribution in [1.29, 1.82) is 0 Å². The highest BCUT2D eigenvalue weighted by Crippen LogP contribution is 2.14. The van der Waals surface area contributed by atoms with Crippen molar-refractivity contribution >= 4 is 29.8 Å². The summed E-state index contributed by atoms with van der Waals surface area (Å²) in [6, 6.07) is -1.07. The average molecular weight is 685 g/mol. The lowest BCUT2D eigenvalue weighted by molar-refractivity contribution is -0.161. The zero-order valence-electron chi connectivity index (χ0n) is 31.9. The summed E-state index contributed by atoms with van der Waals surface area (Å²) in [7, 11) is 0. The van der Waals surface area contributed by atoms with E-state index in [0.29, 0.717) is 6.54 Å². The highest BCUT2D eigenvalue weighted by molar-refractivity contribution is 5.80. The van der Waals surface area contributed by atoms with E-state index in [-0.39, 0.29) is 45.8 Å². The molecule has 1 unspecified atom stereocenters. The number of hydrogen-bond acceptors (Lipinski definition) is 13. The number of rotatable bonds is 20. The zero-order chi connectivity index (χ0) is 37.3. The number of ether oxygens (including phenoxy) is 4. The molecule has 0 heterocycles. The molecule has 0 aliphatic carbocycles. The Bertz CT molecular complexity index is 1030. The topological polar surface area (TPSA) is 144 Å². The molecule has 0 aromatic rings. The first-order valence-electron chi connectivity index (χ1n) is 16.9. The molecular formula is C35H64N4O9. The van der Waals surface area contributed by atoms with Gasteiger partial charge in [-0.25, -0.2) is 14.6 Å². The molecule has 0 fully saturated rings. The predicted octanol–water partition coefficient (Wildman–Crippen LogP) is 3.71. The van der Waals surface area contributed by atoms with Crippen molar-refractivity contribution in [3.8, 4) is 0 Å². The van der Waals surface area contributed by atoms with Gasteiger partial charge >= 0.3 is 23.9 Å². The SMILES string of the molecule is CCCCCNN(CCN(CCN(CC(=O)OC(C)(C)C)CC(=O)OC(C)(C)C)CC(=O)OC(C)(C)C)C(C=C=O)C(=O)OC(C)(C)C. The third-order valence-corrected chi connectivity index (χ3v) is 6.01. The minimum absolute atomic E-state index is 0.103. The fourth-order valence-electron chi connectivity index (χ4n) is 4.31. The maximum absolute atomic E-state index is 13.2. The van der Waals surface area contributed by atoms with Gasteiger partial charge in [-0.05, 0) is 89.5 Å². The number of carbonyl (C=O) groups excluding carboxylic acids is 5. The van der Waals surface area contributed by atoms with E-state index in [1.54, 1.807) is 98.9 Å². The molecule has 1 N–H and O–H groups in total. The molecule has 0 saturated carbocycles. The molecule has 0 bridgehead atoms. The van der Waals surface area contributed by atoms with E-state index in [1.807, 2.05) is 4.90 Å². The molecule has 0 aromatic carbocycles. The van der Waals surface area contributed by atoms with Crippen LogP contribution in [0.15, 0.2) is 6.08 Å². The molecule has 0 aliphatic heterocycles. The average Bonchev–Trinajstić information content (AvgIpc) is 2.85. The number of hydrazine groups is 1. The monoisotopic (exact) mass is 684 g/mol. The molecule has 13 heteroatoms. The Balaban J connectivity index is 6.26. The molecule has 0 saturated heterocycles. The van der Waals surface area contributed by atoms with E-state index in [4.69, 9.17) is 18.9 Å². The maximum Gasteiger partial charge on any atom is 0.330 e. The molecule has 0 aliphatic rings. The Morgan fingerprint density at radius 1 is 0.625 bits per heavy atom. The van der Waals surface area contributed by atoms with Crippen LogP contribution in [0.2, 0.25) is 0 Å². The molecule has 0 spiro atoms. The van der Waals surface area contributed by atoms with Gasteiger partial charge in [0.15, 0.2) is 6.04 Å². The fourth-order valence-corrected chi connectivity index (χ4v) is 4.31. The summed E-state index contributed by atoms with van der Waals surface area (Å²) in [5.74, 6) is -0.364. The van der Waals surface area contributed by atoms with Crippen LogP contribution in [0.1, 0.15) is 109 Å². The first-order valence-corrected chi connectivity index (χ1v) is 16.9. The minimum atomic E-state index is -1.07. The Hall–Kier alpha value is -2.83. The van der Waals surface area contributed by atoms with Crippen molar-refractivity contribution in [2.45, 2.75) is 138 Å². The summed E-state index contributed by atoms with van der Waals surface area (Å²) in [5, 5.41) is 1.62. The van der Waals surface area contributed by atoms with Gasteiger partial charge in [-0.2, -0.15) is 0 Å². The molecule has 278 valence electrons. The Labute approximate surface area is 289 Å². The van der Waals surface area contributed by atoms with Crippen molar-refractivity contribution in [1.82, 2.24) is 20.2 Å². The van der Waals surface area contributed by atoms with Gasteiger partial charge in [0.2, 0.25) is 0 Å². The van der Waals surface area contributed by atoms with Crippen LogP contribution >= 0.6 is 0 Å². The second kappa shape index (κ2) is 20.6. The van der Waals surface area contributed by atoms with Gasteiger partial charge in [-0.15, -0.1) is 0 Å². The van der Waals surface area contributed by atoms with Gasteiger partial charge < -0.3 is 18.9 Å². The minimum Gasteiger partial charge on any atom is -0.459 e. The summed E-state index contributed by atoms with van der Waals surface area (Å²) in [4.78, 5) is 66.7. The number of hydrogen-bond donors (Lipinski definition) is 1. The standard InChI is InChI=1S/C35H64N4O9/c1-14-15-16-18-36-39(27(17-23-40)31(44)48-35(11,12)13)22-21-37(24-28(41)45-32(2,3)4)19-20-38(25-29(42)46-33(5,6)7)26-30(43)47-34(8,9)10/h17,27,36H,14-16,18-22,24-26H2,1-13H3. The maximum atomic E-state index is 13.2. The van der Waals surface area contributed by atoms with Crippen LogP contribution in [0.4, 0.5) is 0 Å². The van der Waals surface area contributed by atoms with Crippen molar-refractivity contribution < 1.29 is 42.9 Å². The van der Waals surface area contributed by atoms with Crippen LogP contribution in [0, 0.1) is 0 Å². The summed E-state index contributed by atoms with van der Waals surface area (Å²) < 4.78 is 22.2. The normalized spacial score (nSPS) is 13.2. The van der Waals surface area contributed by atoms with Gasteiger partial charge in [0.1, 0.15) is 28.3 Å². The summed E-state index contributed by atoms with van der Waals surface area (Å²) in [6.45, 7) is 24.2. The van der Waals surface area contributed by atoms with Crippen molar-refractivity contribution in [3.05, 3.63) is 6.08 Å². The van der Waals surface area contributed by atoms with Gasteiger partial charge in [0.05, 0.1) is 19.6 Å². The predicted molar refractivity (Wildman–Crippen MR) is 185 cm³/mol. The first-order chi connectivity index (χ1) is 21.8. The van der Waals surface area contributed by atoms with E-state index < -0.39 is 52.3 Å². The number of carbonyl (C=O) groups is 4. The molecule has 0 radical (unpaired) electrons. The van der Waals surface area contributed by atoms with Crippen molar-refractivity contribution in [2.24, 2.45) is 0 Å². The first kappa shape index (κ1) is 45.2. The number of unbranched alkanes of at least 4 members (excludes halogenated alkanes) is 2. The lowest BCUT2D eigenvalue weighted by atomic mass is 10.2.